The summed E-state index contributed by atoms with van der Waals surface area (Å²) in [5.41, 5.74) is -0.506. The van der Waals surface area contributed by atoms with E-state index in [0.29, 0.717) is 19.6 Å². The number of urea groups is 1. The van der Waals surface area contributed by atoms with Crippen LogP contribution in [-0.4, -0.2) is 37.4 Å². The predicted molar refractivity (Wildman–Crippen MR) is 86.8 cm³/mol. The molecule has 1 rings (SSSR count). The third-order valence-electron chi connectivity index (χ3n) is 3.63. The monoisotopic (exact) mass is 313 g/mol. The Labute approximate surface area is 133 Å². The normalized spacial score (nSPS) is 15.4. The van der Waals surface area contributed by atoms with Crippen LogP contribution in [0.5, 0.6) is 0 Å². The number of amides is 3. The predicted octanol–water partition coefficient (Wildman–Crippen LogP) is 2.78. The maximum absolute atomic E-state index is 11.5. The van der Waals surface area contributed by atoms with E-state index in [9.17, 15) is 9.59 Å². The molecule has 1 aliphatic carbocycles. The van der Waals surface area contributed by atoms with Crippen molar-refractivity contribution in [3.05, 3.63) is 0 Å². The molecule has 1 saturated carbocycles. The highest BCUT2D eigenvalue weighted by molar-refractivity contribution is 5.73. The summed E-state index contributed by atoms with van der Waals surface area (Å²) < 4.78 is 5.09. The summed E-state index contributed by atoms with van der Waals surface area (Å²) in [6.45, 7) is 6.87. The summed E-state index contributed by atoms with van der Waals surface area (Å²) in [7, 11) is 0. The first-order valence-electron chi connectivity index (χ1n) is 8.35. The van der Waals surface area contributed by atoms with Gasteiger partial charge in [-0.05, 0) is 39.5 Å². The maximum Gasteiger partial charge on any atom is 0.407 e. The van der Waals surface area contributed by atoms with Crippen molar-refractivity contribution in [2.45, 2.75) is 64.9 Å². The summed E-state index contributed by atoms with van der Waals surface area (Å²) in [4.78, 5) is 22.9. The third-order valence-corrected chi connectivity index (χ3v) is 3.63. The summed E-state index contributed by atoms with van der Waals surface area (Å²) in [5.74, 6) is 0.864. The van der Waals surface area contributed by atoms with Crippen LogP contribution < -0.4 is 16.0 Å². The highest BCUT2D eigenvalue weighted by atomic mass is 16.6. The molecule has 0 aromatic heterocycles. The number of rotatable bonds is 7. The lowest BCUT2D eigenvalue weighted by Crippen LogP contribution is -2.41. The van der Waals surface area contributed by atoms with E-state index in [1.54, 1.807) is 0 Å². The molecule has 3 amide bonds. The van der Waals surface area contributed by atoms with Crippen LogP contribution in [0.4, 0.5) is 9.59 Å². The lowest BCUT2D eigenvalue weighted by atomic mass is 10.0. The fourth-order valence-corrected chi connectivity index (χ4v) is 2.61. The smallest absolute Gasteiger partial charge is 0.407 e. The minimum atomic E-state index is -0.506. The SMILES string of the molecule is CC(C)(C)OC(=O)NCCNC(=O)NCCCC1CCCC1. The number of ether oxygens (including phenoxy) is 1. The Kier molecular flexibility index (Phi) is 8.06. The number of carbonyl (C=O) groups excluding carboxylic acids is 2. The molecule has 22 heavy (non-hydrogen) atoms. The van der Waals surface area contributed by atoms with Crippen LogP contribution in [0.2, 0.25) is 0 Å². The fraction of sp³-hybridized carbons (Fsp3) is 0.875. The van der Waals surface area contributed by atoms with Gasteiger partial charge in [-0.25, -0.2) is 9.59 Å². The fourth-order valence-electron chi connectivity index (χ4n) is 2.61. The quantitative estimate of drug-likeness (QED) is 0.632. The number of carbonyl (C=O) groups is 2. The van der Waals surface area contributed by atoms with E-state index < -0.39 is 11.7 Å². The highest BCUT2D eigenvalue weighted by Gasteiger charge is 2.15. The zero-order valence-corrected chi connectivity index (χ0v) is 14.2. The van der Waals surface area contributed by atoms with Crippen molar-refractivity contribution in [3.63, 3.8) is 0 Å². The molecule has 0 aliphatic heterocycles. The van der Waals surface area contributed by atoms with Gasteiger partial charge in [-0.15, -0.1) is 0 Å². The van der Waals surface area contributed by atoms with E-state index in [2.05, 4.69) is 16.0 Å². The van der Waals surface area contributed by atoms with Gasteiger partial charge in [-0.2, -0.15) is 0 Å². The Hall–Kier alpha value is -1.46. The van der Waals surface area contributed by atoms with E-state index in [-0.39, 0.29) is 6.03 Å². The lowest BCUT2D eigenvalue weighted by Gasteiger charge is -2.19. The lowest BCUT2D eigenvalue weighted by molar-refractivity contribution is 0.0528. The van der Waals surface area contributed by atoms with Crippen molar-refractivity contribution < 1.29 is 14.3 Å². The van der Waals surface area contributed by atoms with Crippen LogP contribution >= 0.6 is 0 Å². The van der Waals surface area contributed by atoms with Crippen molar-refractivity contribution in [2.24, 2.45) is 5.92 Å². The summed E-state index contributed by atoms with van der Waals surface area (Å²) in [6, 6.07) is -0.183. The standard InChI is InChI=1S/C16H31N3O3/c1-16(2,3)22-15(21)19-12-11-18-14(20)17-10-6-9-13-7-4-5-8-13/h13H,4-12H2,1-3H3,(H,19,21)(H2,17,18,20). The van der Waals surface area contributed by atoms with Gasteiger partial charge in [0.25, 0.3) is 0 Å². The second-order valence-corrected chi connectivity index (χ2v) is 6.90. The minimum Gasteiger partial charge on any atom is -0.444 e. The van der Waals surface area contributed by atoms with Crippen molar-refractivity contribution in [2.75, 3.05) is 19.6 Å². The van der Waals surface area contributed by atoms with E-state index in [0.717, 1.165) is 12.3 Å². The Bertz CT molecular complexity index is 347. The molecular weight excluding hydrogens is 282 g/mol. The van der Waals surface area contributed by atoms with Crippen LogP contribution in [0.15, 0.2) is 0 Å². The van der Waals surface area contributed by atoms with Gasteiger partial charge >= 0.3 is 12.1 Å². The van der Waals surface area contributed by atoms with E-state index in [1.807, 2.05) is 20.8 Å². The third kappa shape index (κ3) is 9.47. The molecule has 6 heteroatoms. The van der Waals surface area contributed by atoms with Crippen molar-refractivity contribution in [3.8, 4) is 0 Å². The van der Waals surface area contributed by atoms with Gasteiger partial charge in [0.15, 0.2) is 0 Å². The minimum absolute atomic E-state index is 0.183. The maximum atomic E-state index is 11.5. The molecule has 6 nitrogen and oxygen atoms in total. The Morgan fingerprint density at radius 3 is 2.23 bits per heavy atom. The Balaban J connectivity index is 1.93. The van der Waals surface area contributed by atoms with E-state index in [4.69, 9.17) is 4.74 Å². The molecule has 3 N–H and O–H groups in total. The molecule has 0 unspecified atom stereocenters. The number of hydrogen-bond acceptors (Lipinski definition) is 3. The zero-order valence-electron chi connectivity index (χ0n) is 14.2. The average Bonchev–Trinajstić information content (AvgIpc) is 2.91. The zero-order chi connectivity index (χ0) is 16.4. The number of hydrogen-bond donors (Lipinski definition) is 3. The molecule has 0 heterocycles. The first kappa shape index (κ1) is 18.6. The van der Waals surface area contributed by atoms with Gasteiger partial charge in [0.1, 0.15) is 5.60 Å². The topological polar surface area (TPSA) is 79.5 Å². The van der Waals surface area contributed by atoms with Gasteiger partial charge in [0, 0.05) is 19.6 Å². The van der Waals surface area contributed by atoms with Crippen molar-refractivity contribution in [1.29, 1.82) is 0 Å². The Morgan fingerprint density at radius 2 is 1.59 bits per heavy atom. The second kappa shape index (κ2) is 9.54. The summed E-state index contributed by atoms with van der Waals surface area (Å²) in [5, 5.41) is 8.14. The van der Waals surface area contributed by atoms with E-state index >= 15 is 0 Å². The molecule has 0 aromatic rings. The largest absolute Gasteiger partial charge is 0.444 e. The van der Waals surface area contributed by atoms with Gasteiger partial charge in [0.05, 0.1) is 0 Å². The van der Waals surface area contributed by atoms with Crippen LogP contribution in [0, 0.1) is 5.92 Å². The summed E-state index contributed by atoms with van der Waals surface area (Å²) >= 11 is 0. The molecule has 0 aromatic carbocycles. The van der Waals surface area contributed by atoms with Gasteiger partial charge in [-0.1, -0.05) is 25.7 Å². The van der Waals surface area contributed by atoms with Crippen LogP contribution in [-0.2, 0) is 4.74 Å². The molecule has 0 spiro atoms. The molecule has 1 fully saturated rings. The van der Waals surface area contributed by atoms with Crippen molar-refractivity contribution >= 4 is 12.1 Å². The Morgan fingerprint density at radius 1 is 1.00 bits per heavy atom. The van der Waals surface area contributed by atoms with Crippen LogP contribution in [0.3, 0.4) is 0 Å². The number of nitrogens with one attached hydrogen (secondary N) is 3. The first-order valence-corrected chi connectivity index (χ1v) is 8.35. The highest BCUT2D eigenvalue weighted by Crippen LogP contribution is 2.28. The van der Waals surface area contributed by atoms with Gasteiger partial charge in [0.2, 0.25) is 0 Å². The first-order chi connectivity index (χ1) is 10.4. The average molecular weight is 313 g/mol. The molecule has 128 valence electrons. The molecule has 0 atom stereocenters. The van der Waals surface area contributed by atoms with Crippen LogP contribution in [0.1, 0.15) is 59.3 Å². The molecule has 0 radical (unpaired) electrons. The molecule has 0 saturated heterocycles. The summed E-state index contributed by atoms with van der Waals surface area (Å²) in [6.07, 6.45) is 7.21. The van der Waals surface area contributed by atoms with E-state index in [1.165, 1.54) is 32.1 Å². The van der Waals surface area contributed by atoms with Crippen molar-refractivity contribution in [1.82, 2.24) is 16.0 Å². The van der Waals surface area contributed by atoms with Gasteiger partial charge < -0.3 is 20.7 Å². The molecular formula is C16H31N3O3. The number of alkyl carbamates (subject to hydrolysis) is 1. The van der Waals surface area contributed by atoms with Crippen LogP contribution in [0.25, 0.3) is 0 Å². The molecule has 0 bridgehead atoms. The molecule has 1 aliphatic rings. The van der Waals surface area contributed by atoms with Gasteiger partial charge in [-0.3, -0.25) is 0 Å². The second-order valence-electron chi connectivity index (χ2n) is 6.90.